The molecule has 1 aromatic heterocycles. The fourth-order valence-electron chi connectivity index (χ4n) is 3.37. The third kappa shape index (κ3) is 2.99. The van der Waals surface area contributed by atoms with E-state index in [1.54, 1.807) is 55.8 Å². The van der Waals surface area contributed by atoms with Crippen LogP contribution in [0, 0.1) is 10.1 Å². The quantitative estimate of drug-likeness (QED) is 0.280. The molecule has 0 unspecified atom stereocenters. The molecule has 6 nitrogen and oxygen atoms in total. The summed E-state index contributed by atoms with van der Waals surface area (Å²) >= 11 is 0. The lowest BCUT2D eigenvalue weighted by Gasteiger charge is -2.14. The second-order valence-corrected chi connectivity index (χ2v) is 6.69. The molecule has 1 fully saturated rings. The second-order valence-electron chi connectivity index (χ2n) is 6.69. The Hall–Kier alpha value is -3.41. The van der Waals surface area contributed by atoms with Crippen molar-refractivity contribution in [2.45, 2.75) is 18.4 Å². The average molecular weight is 362 g/mol. The summed E-state index contributed by atoms with van der Waals surface area (Å²) in [6.07, 6.45) is 6.70. The SMILES string of the molecule is COc1ccc(C(=O)/C=C/C2(n3cc([N+](=O)[O-])c4ccccc43)CC2)cc1. The minimum absolute atomic E-state index is 0.0896. The fourth-order valence-corrected chi connectivity index (χ4v) is 3.37. The zero-order valence-electron chi connectivity index (χ0n) is 14.8. The van der Waals surface area contributed by atoms with Crippen molar-refractivity contribution in [2.24, 2.45) is 0 Å². The number of nitrogens with zero attached hydrogens (tertiary/aromatic N) is 2. The van der Waals surface area contributed by atoms with Crippen molar-refractivity contribution in [3.8, 4) is 5.75 Å². The molecule has 0 aliphatic heterocycles. The van der Waals surface area contributed by atoms with Crippen molar-refractivity contribution in [2.75, 3.05) is 7.11 Å². The maximum Gasteiger partial charge on any atom is 0.294 e. The number of benzene rings is 2. The van der Waals surface area contributed by atoms with E-state index >= 15 is 0 Å². The monoisotopic (exact) mass is 362 g/mol. The summed E-state index contributed by atoms with van der Waals surface area (Å²) < 4.78 is 7.03. The van der Waals surface area contributed by atoms with Crippen LogP contribution in [-0.2, 0) is 5.54 Å². The van der Waals surface area contributed by atoms with E-state index in [0.29, 0.717) is 16.7 Å². The standard InChI is InChI=1S/C21H18N2O4/c1-27-16-8-6-15(7-9-16)20(24)10-11-21(12-13-21)22-14-19(23(25)26)17-4-2-3-5-18(17)22/h2-11,14H,12-13H2,1H3/b11-10+. The van der Waals surface area contributed by atoms with Crippen LogP contribution in [0.1, 0.15) is 23.2 Å². The van der Waals surface area contributed by atoms with E-state index in [1.165, 1.54) is 0 Å². The topological polar surface area (TPSA) is 74.4 Å². The molecule has 4 rings (SSSR count). The number of allylic oxidation sites excluding steroid dienone is 2. The van der Waals surface area contributed by atoms with Crippen LogP contribution >= 0.6 is 0 Å². The lowest BCUT2D eigenvalue weighted by molar-refractivity contribution is -0.383. The first-order valence-electron chi connectivity index (χ1n) is 8.67. The molecule has 1 heterocycles. The molecule has 1 aliphatic carbocycles. The van der Waals surface area contributed by atoms with E-state index in [4.69, 9.17) is 4.74 Å². The van der Waals surface area contributed by atoms with E-state index in [-0.39, 0.29) is 21.9 Å². The number of hydrogen-bond donors (Lipinski definition) is 0. The zero-order chi connectivity index (χ0) is 19.0. The van der Waals surface area contributed by atoms with Gasteiger partial charge in [0.1, 0.15) is 5.75 Å². The molecule has 136 valence electrons. The third-order valence-corrected chi connectivity index (χ3v) is 5.05. The third-order valence-electron chi connectivity index (χ3n) is 5.05. The molecule has 1 saturated carbocycles. The van der Waals surface area contributed by atoms with Gasteiger partial charge in [0.15, 0.2) is 5.78 Å². The highest BCUT2D eigenvalue weighted by molar-refractivity contribution is 6.04. The highest BCUT2D eigenvalue weighted by Gasteiger charge is 2.44. The molecule has 0 amide bonds. The smallest absolute Gasteiger partial charge is 0.294 e. The van der Waals surface area contributed by atoms with E-state index in [2.05, 4.69) is 0 Å². The predicted molar refractivity (Wildman–Crippen MR) is 102 cm³/mol. The number of nitro groups is 1. The summed E-state index contributed by atoms with van der Waals surface area (Å²) in [6, 6.07) is 14.2. The highest BCUT2D eigenvalue weighted by atomic mass is 16.6. The molecule has 0 radical (unpaired) electrons. The van der Waals surface area contributed by atoms with Gasteiger partial charge in [0.2, 0.25) is 0 Å². The number of fused-ring (bicyclic) bond motifs is 1. The van der Waals surface area contributed by atoms with Crippen LogP contribution in [0.5, 0.6) is 5.75 Å². The molecule has 0 saturated heterocycles. The zero-order valence-corrected chi connectivity index (χ0v) is 14.8. The maximum atomic E-state index is 12.5. The van der Waals surface area contributed by atoms with Crippen LogP contribution in [-0.4, -0.2) is 22.4 Å². The van der Waals surface area contributed by atoms with Gasteiger partial charge < -0.3 is 9.30 Å². The minimum atomic E-state index is -0.379. The molecule has 2 aromatic carbocycles. The first-order chi connectivity index (χ1) is 13.0. The van der Waals surface area contributed by atoms with Crippen molar-refractivity contribution < 1.29 is 14.5 Å². The Kier molecular flexibility index (Phi) is 4.03. The lowest BCUT2D eigenvalue weighted by Crippen LogP contribution is -2.13. The summed E-state index contributed by atoms with van der Waals surface area (Å²) in [4.78, 5) is 23.5. The van der Waals surface area contributed by atoms with Gasteiger partial charge in [-0.05, 0) is 55.3 Å². The summed E-state index contributed by atoms with van der Waals surface area (Å²) in [5.41, 5.74) is 1.09. The molecular formula is C21H18N2O4. The van der Waals surface area contributed by atoms with Gasteiger partial charge >= 0.3 is 0 Å². The average Bonchev–Trinajstić information content (AvgIpc) is 3.38. The number of ketones is 1. The summed E-state index contributed by atoms with van der Waals surface area (Å²) in [5.74, 6) is 0.593. The first-order valence-corrected chi connectivity index (χ1v) is 8.67. The van der Waals surface area contributed by atoms with Crippen LogP contribution < -0.4 is 4.74 Å². The Morgan fingerprint density at radius 2 is 1.89 bits per heavy atom. The van der Waals surface area contributed by atoms with Crippen LogP contribution in [0.4, 0.5) is 5.69 Å². The molecule has 0 N–H and O–H groups in total. The normalized spacial score (nSPS) is 15.1. The van der Waals surface area contributed by atoms with Crippen molar-refractivity contribution in [1.29, 1.82) is 0 Å². The Balaban J connectivity index is 1.66. The number of para-hydroxylation sites is 1. The number of methoxy groups -OCH3 is 1. The molecule has 3 aromatic rings. The van der Waals surface area contributed by atoms with Gasteiger partial charge in [-0.15, -0.1) is 0 Å². The predicted octanol–water partition coefficient (Wildman–Crippen LogP) is 4.49. The Labute approximate surface area is 155 Å². The van der Waals surface area contributed by atoms with Crippen molar-refractivity contribution in [3.05, 3.63) is 82.6 Å². The largest absolute Gasteiger partial charge is 0.497 e. The summed E-state index contributed by atoms with van der Waals surface area (Å²) in [7, 11) is 1.58. The highest BCUT2D eigenvalue weighted by Crippen LogP contribution is 2.48. The van der Waals surface area contributed by atoms with Gasteiger partial charge in [-0.3, -0.25) is 14.9 Å². The Morgan fingerprint density at radius 3 is 2.52 bits per heavy atom. The van der Waals surface area contributed by atoms with Crippen LogP contribution in [0.25, 0.3) is 10.9 Å². The van der Waals surface area contributed by atoms with Gasteiger partial charge in [0.25, 0.3) is 5.69 Å². The lowest BCUT2D eigenvalue weighted by atomic mass is 10.1. The number of hydrogen-bond acceptors (Lipinski definition) is 4. The van der Waals surface area contributed by atoms with E-state index in [0.717, 1.165) is 18.4 Å². The Bertz CT molecular complexity index is 1060. The molecule has 1 aliphatic rings. The molecule has 0 bridgehead atoms. The number of carbonyl (C=O) groups is 1. The molecule has 6 heteroatoms. The van der Waals surface area contributed by atoms with Gasteiger partial charge in [-0.2, -0.15) is 0 Å². The molecular weight excluding hydrogens is 344 g/mol. The number of ether oxygens (including phenoxy) is 1. The molecule has 0 atom stereocenters. The van der Waals surface area contributed by atoms with Gasteiger partial charge in [0.05, 0.1) is 34.7 Å². The van der Waals surface area contributed by atoms with E-state index in [1.807, 2.05) is 22.8 Å². The number of rotatable bonds is 6. The second kappa shape index (κ2) is 6.39. The van der Waals surface area contributed by atoms with Gasteiger partial charge in [-0.25, -0.2) is 0 Å². The Morgan fingerprint density at radius 1 is 1.19 bits per heavy atom. The maximum absolute atomic E-state index is 12.5. The van der Waals surface area contributed by atoms with Crippen molar-refractivity contribution in [3.63, 3.8) is 0 Å². The summed E-state index contributed by atoms with van der Waals surface area (Å²) in [5, 5.41) is 12.0. The number of carbonyl (C=O) groups excluding carboxylic acids is 1. The molecule has 27 heavy (non-hydrogen) atoms. The van der Waals surface area contributed by atoms with Crippen LogP contribution in [0.15, 0.2) is 66.9 Å². The van der Waals surface area contributed by atoms with E-state index < -0.39 is 0 Å². The fraction of sp³-hybridized carbons (Fsp3) is 0.190. The van der Waals surface area contributed by atoms with E-state index in [9.17, 15) is 14.9 Å². The minimum Gasteiger partial charge on any atom is -0.497 e. The van der Waals surface area contributed by atoms with Gasteiger partial charge in [-0.1, -0.05) is 18.2 Å². The van der Waals surface area contributed by atoms with Crippen molar-refractivity contribution in [1.82, 2.24) is 4.57 Å². The molecule has 0 spiro atoms. The summed E-state index contributed by atoms with van der Waals surface area (Å²) in [6.45, 7) is 0. The van der Waals surface area contributed by atoms with Crippen molar-refractivity contribution >= 4 is 22.4 Å². The van der Waals surface area contributed by atoms with Gasteiger partial charge in [0, 0.05) is 5.56 Å². The van der Waals surface area contributed by atoms with Crippen LogP contribution in [0.3, 0.4) is 0 Å². The van der Waals surface area contributed by atoms with Crippen LogP contribution in [0.2, 0.25) is 0 Å². The number of aromatic nitrogens is 1. The first kappa shape index (κ1) is 17.0.